The van der Waals surface area contributed by atoms with E-state index in [9.17, 15) is 0 Å². The Balaban J connectivity index is 1.99. The zero-order chi connectivity index (χ0) is 9.38. The summed E-state index contributed by atoms with van der Waals surface area (Å²) in [5, 5.41) is 3.68. The Morgan fingerprint density at radius 2 is 1.93 bits per heavy atom. The van der Waals surface area contributed by atoms with E-state index in [1.165, 1.54) is 31.2 Å². The second-order valence-corrected chi connectivity index (χ2v) is 4.58. The number of hydrogen-bond acceptors (Lipinski definition) is 1. The number of fused-ring (bicyclic) bond motifs is 3. The Kier molecular flexibility index (Phi) is 2.06. The molecule has 1 nitrogen and oxygen atoms in total. The maximum atomic E-state index is 3.68. The third kappa shape index (κ3) is 1.27. The molecule has 1 N–H and O–H groups in total. The molecule has 1 aliphatic carbocycles. The lowest BCUT2D eigenvalue weighted by Crippen LogP contribution is -2.41. The van der Waals surface area contributed by atoms with Gasteiger partial charge < -0.3 is 5.32 Å². The molecule has 0 radical (unpaired) electrons. The lowest BCUT2D eigenvalue weighted by Gasteiger charge is -2.38. The van der Waals surface area contributed by atoms with E-state index in [1.54, 1.807) is 5.56 Å². The van der Waals surface area contributed by atoms with Crippen LogP contribution in [0.1, 0.15) is 42.7 Å². The van der Waals surface area contributed by atoms with Gasteiger partial charge in [0.05, 0.1) is 0 Å². The molecule has 0 amide bonds. The van der Waals surface area contributed by atoms with Crippen LogP contribution >= 0.6 is 0 Å². The van der Waals surface area contributed by atoms with Crippen LogP contribution in [0.3, 0.4) is 0 Å². The minimum Gasteiger partial charge on any atom is -0.309 e. The average Bonchev–Trinajstić information content (AvgIpc) is 2.29. The van der Waals surface area contributed by atoms with Gasteiger partial charge in [-0.25, -0.2) is 0 Å². The van der Waals surface area contributed by atoms with Gasteiger partial charge in [-0.15, -0.1) is 0 Å². The summed E-state index contributed by atoms with van der Waals surface area (Å²) in [4.78, 5) is 0. The van der Waals surface area contributed by atoms with Crippen molar-refractivity contribution in [2.45, 2.75) is 44.2 Å². The summed E-state index contributed by atoms with van der Waals surface area (Å²) in [6.07, 6.45) is 5.58. The largest absolute Gasteiger partial charge is 0.309 e. The third-order valence-electron chi connectivity index (χ3n) is 3.78. The fraction of sp³-hybridized carbons (Fsp3) is 0.538. The van der Waals surface area contributed by atoms with Crippen molar-refractivity contribution in [1.82, 2.24) is 5.32 Å². The summed E-state index contributed by atoms with van der Waals surface area (Å²) >= 11 is 0. The van der Waals surface area contributed by atoms with E-state index in [0.29, 0.717) is 0 Å². The molecule has 2 aliphatic rings. The fourth-order valence-electron chi connectivity index (χ4n) is 3.05. The smallest absolute Gasteiger partial charge is 0.0211 e. The first-order chi connectivity index (χ1) is 6.95. The van der Waals surface area contributed by atoms with Gasteiger partial charge >= 0.3 is 0 Å². The highest BCUT2D eigenvalue weighted by Crippen LogP contribution is 2.37. The molecule has 0 aromatic heterocycles. The fourth-order valence-corrected chi connectivity index (χ4v) is 3.05. The summed E-state index contributed by atoms with van der Waals surface area (Å²) < 4.78 is 0. The van der Waals surface area contributed by atoms with E-state index >= 15 is 0 Å². The van der Waals surface area contributed by atoms with Crippen LogP contribution in [-0.4, -0.2) is 6.04 Å². The molecule has 1 heteroatoms. The Hall–Kier alpha value is -0.820. The van der Waals surface area contributed by atoms with Crippen molar-refractivity contribution in [3.8, 4) is 0 Å². The predicted octanol–water partition coefficient (Wildman–Crippen LogP) is 2.82. The van der Waals surface area contributed by atoms with Crippen molar-refractivity contribution in [3.63, 3.8) is 0 Å². The first-order valence-electron chi connectivity index (χ1n) is 5.76. The number of rotatable bonds is 0. The lowest BCUT2D eigenvalue weighted by atomic mass is 9.76. The van der Waals surface area contributed by atoms with Crippen LogP contribution in [0, 0.1) is 0 Å². The highest BCUT2D eigenvalue weighted by Gasteiger charge is 2.30. The van der Waals surface area contributed by atoms with E-state index in [-0.39, 0.29) is 0 Å². The van der Waals surface area contributed by atoms with Crippen LogP contribution in [-0.2, 0) is 6.54 Å². The Morgan fingerprint density at radius 1 is 1.07 bits per heavy atom. The van der Waals surface area contributed by atoms with Crippen molar-refractivity contribution in [2.24, 2.45) is 0 Å². The molecule has 2 atom stereocenters. The Morgan fingerprint density at radius 3 is 2.93 bits per heavy atom. The third-order valence-corrected chi connectivity index (χ3v) is 3.78. The van der Waals surface area contributed by atoms with Gasteiger partial charge in [0.1, 0.15) is 0 Å². The summed E-state index contributed by atoms with van der Waals surface area (Å²) in [7, 11) is 0. The molecule has 1 saturated carbocycles. The van der Waals surface area contributed by atoms with E-state index in [0.717, 1.165) is 18.5 Å². The van der Waals surface area contributed by atoms with Gasteiger partial charge in [-0.1, -0.05) is 37.1 Å². The van der Waals surface area contributed by atoms with Gasteiger partial charge in [-0.05, 0) is 29.9 Å². The van der Waals surface area contributed by atoms with Crippen LogP contribution in [0.5, 0.6) is 0 Å². The SMILES string of the molecule is c1ccc2c(c1)CN[C@H]1CCCC[C@H]21. The molecule has 1 fully saturated rings. The van der Waals surface area contributed by atoms with Crippen LogP contribution in [0.2, 0.25) is 0 Å². The molecule has 1 aliphatic heterocycles. The summed E-state index contributed by atoms with van der Waals surface area (Å²) in [5.41, 5.74) is 3.15. The normalized spacial score (nSPS) is 30.6. The zero-order valence-electron chi connectivity index (χ0n) is 8.50. The maximum Gasteiger partial charge on any atom is 0.0211 e. The van der Waals surface area contributed by atoms with Crippen molar-refractivity contribution >= 4 is 0 Å². The molecule has 0 unspecified atom stereocenters. The van der Waals surface area contributed by atoms with Crippen LogP contribution < -0.4 is 5.32 Å². The molecule has 3 rings (SSSR count). The Labute approximate surface area is 85.5 Å². The first-order valence-corrected chi connectivity index (χ1v) is 5.76. The molecular weight excluding hydrogens is 170 g/mol. The lowest BCUT2D eigenvalue weighted by molar-refractivity contribution is 0.308. The molecule has 14 heavy (non-hydrogen) atoms. The minimum atomic E-state index is 0.763. The van der Waals surface area contributed by atoms with Crippen molar-refractivity contribution < 1.29 is 0 Å². The molecular formula is C13H17N. The van der Waals surface area contributed by atoms with Crippen molar-refractivity contribution in [3.05, 3.63) is 35.4 Å². The quantitative estimate of drug-likeness (QED) is 0.658. The molecule has 74 valence electrons. The van der Waals surface area contributed by atoms with Gasteiger partial charge in [-0.3, -0.25) is 0 Å². The van der Waals surface area contributed by atoms with E-state index in [2.05, 4.69) is 29.6 Å². The van der Waals surface area contributed by atoms with E-state index < -0.39 is 0 Å². The van der Waals surface area contributed by atoms with Gasteiger partial charge in [0.15, 0.2) is 0 Å². The topological polar surface area (TPSA) is 12.0 Å². The monoisotopic (exact) mass is 187 g/mol. The Bertz CT molecular complexity index is 332. The van der Waals surface area contributed by atoms with Crippen molar-refractivity contribution in [2.75, 3.05) is 0 Å². The van der Waals surface area contributed by atoms with Gasteiger partial charge in [0.25, 0.3) is 0 Å². The summed E-state index contributed by atoms with van der Waals surface area (Å²) in [6.45, 7) is 1.08. The van der Waals surface area contributed by atoms with Gasteiger partial charge in [-0.2, -0.15) is 0 Å². The van der Waals surface area contributed by atoms with Crippen LogP contribution in [0.25, 0.3) is 0 Å². The van der Waals surface area contributed by atoms with Gasteiger partial charge in [0.2, 0.25) is 0 Å². The summed E-state index contributed by atoms with van der Waals surface area (Å²) in [5.74, 6) is 0.800. The number of nitrogens with one attached hydrogen (secondary N) is 1. The zero-order valence-corrected chi connectivity index (χ0v) is 8.50. The van der Waals surface area contributed by atoms with Crippen LogP contribution in [0.15, 0.2) is 24.3 Å². The van der Waals surface area contributed by atoms with Crippen molar-refractivity contribution in [1.29, 1.82) is 0 Å². The minimum absolute atomic E-state index is 0.763. The standard InChI is InChI=1S/C13H17N/c1-2-6-11-10(5-1)9-14-13-8-4-3-7-12(11)13/h1-2,5-6,12-14H,3-4,7-9H2/t12-,13+/m1/s1. The second kappa shape index (κ2) is 3.39. The summed E-state index contributed by atoms with van der Waals surface area (Å²) in [6, 6.07) is 9.71. The highest BCUT2D eigenvalue weighted by molar-refractivity contribution is 5.34. The molecule has 0 spiro atoms. The van der Waals surface area contributed by atoms with E-state index in [1.807, 2.05) is 0 Å². The second-order valence-electron chi connectivity index (χ2n) is 4.58. The number of hydrogen-bond donors (Lipinski definition) is 1. The molecule has 0 bridgehead atoms. The first kappa shape index (κ1) is 8.49. The predicted molar refractivity (Wildman–Crippen MR) is 58.3 cm³/mol. The maximum absolute atomic E-state index is 3.68. The highest BCUT2D eigenvalue weighted by atomic mass is 14.9. The molecule has 1 heterocycles. The van der Waals surface area contributed by atoms with Crippen LogP contribution in [0.4, 0.5) is 0 Å². The average molecular weight is 187 g/mol. The number of benzene rings is 1. The molecule has 1 aromatic rings. The van der Waals surface area contributed by atoms with Gasteiger partial charge in [0, 0.05) is 12.6 Å². The molecule has 0 saturated heterocycles. The van der Waals surface area contributed by atoms with E-state index in [4.69, 9.17) is 0 Å². The molecule has 1 aromatic carbocycles.